The summed E-state index contributed by atoms with van der Waals surface area (Å²) in [6.45, 7) is 0.693. The Labute approximate surface area is 148 Å². The van der Waals surface area contributed by atoms with Crippen LogP contribution in [-0.4, -0.2) is 19.5 Å². The maximum atomic E-state index is 11.7. The normalized spacial score (nSPS) is 9.96. The van der Waals surface area contributed by atoms with E-state index in [0.29, 0.717) is 13.0 Å². The Morgan fingerprint density at radius 2 is 1.70 bits per heavy atom. The molecule has 5 heteroatoms. The zero-order valence-corrected chi connectivity index (χ0v) is 14.9. The second-order valence-electron chi connectivity index (χ2n) is 5.08. The van der Waals surface area contributed by atoms with Crippen molar-refractivity contribution in [3.05, 3.63) is 65.7 Å². The maximum Gasteiger partial charge on any atom is 0.225 e. The van der Waals surface area contributed by atoms with Gasteiger partial charge in [-0.3, -0.25) is 4.79 Å². The first-order valence-electron chi connectivity index (χ1n) is 7.43. The lowest BCUT2D eigenvalue weighted by Crippen LogP contribution is -2.18. The number of hydrogen-bond donors (Lipinski definition) is 2. The van der Waals surface area contributed by atoms with Crippen molar-refractivity contribution in [1.29, 1.82) is 0 Å². The van der Waals surface area contributed by atoms with Crippen molar-refractivity contribution < 1.29 is 4.79 Å². The van der Waals surface area contributed by atoms with Gasteiger partial charge in [0, 0.05) is 30.2 Å². The quantitative estimate of drug-likeness (QED) is 0.753. The van der Waals surface area contributed by atoms with E-state index in [0.717, 1.165) is 17.2 Å². The lowest BCUT2D eigenvalue weighted by Gasteiger charge is -2.07. The summed E-state index contributed by atoms with van der Waals surface area (Å²) in [5, 5.41) is 5.91. The van der Waals surface area contributed by atoms with Gasteiger partial charge in [0.1, 0.15) is 0 Å². The highest BCUT2D eigenvalue weighted by Crippen LogP contribution is 2.20. The molecular weight excluding hydrogens is 328 g/mol. The molecule has 23 heavy (non-hydrogen) atoms. The Hall–Kier alpha value is -1.49. The van der Waals surface area contributed by atoms with E-state index >= 15 is 0 Å². The fraction of sp³-hybridized carbons (Fsp3) is 0.278. The SMILES string of the molecule is CNCCC(=O)Nc1cccc(CSCc2ccccc2)c1.Cl. The smallest absolute Gasteiger partial charge is 0.225 e. The Bertz CT molecular complexity index is 593. The minimum Gasteiger partial charge on any atom is -0.326 e. The molecule has 2 aromatic carbocycles. The first kappa shape index (κ1) is 19.6. The van der Waals surface area contributed by atoms with Crippen LogP contribution < -0.4 is 10.6 Å². The Kier molecular flexibility index (Phi) is 9.45. The van der Waals surface area contributed by atoms with Crippen LogP contribution in [0, 0.1) is 0 Å². The van der Waals surface area contributed by atoms with Gasteiger partial charge in [-0.05, 0) is 30.3 Å². The van der Waals surface area contributed by atoms with Crippen LogP contribution in [0.4, 0.5) is 5.69 Å². The molecule has 0 unspecified atom stereocenters. The molecule has 0 fully saturated rings. The molecule has 2 aromatic rings. The summed E-state index contributed by atoms with van der Waals surface area (Å²) in [5.74, 6) is 1.98. The van der Waals surface area contributed by atoms with Crippen LogP contribution in [0.1, 0.15) is 17.5 Å². The molecule has 0 saturated heterocycles. The van der Waals surface area contributed by atoms with Gasteiger partial charge in [-0.25, -0.2) is 0 Å². The largest absolute Gasteiger partial charge is 0.326 e. The Morgan fingerprint density at radius 1 is 1.00 bits per heavy atom. The van der Waals surface area contributed by atoms with Gasteiger partial charge in [0.05, 0.1) is 0 Å². The van der Waals surface area contributed by atoms with E-state index < -0.39 is 0 Å². The highest BCUT2D eigenvalue weighted by atomic mass is 35.5. The predicted octanol–water partition coefficient (Wildman–Crippen LogP) is 4.09. The topological polar surface area (TPSA) is 41.1 Å². The van der Waals surface area contributed by atoms with Crippen molar-refractivity contribution >= 4 is 35.8 Å². The molecule has 124 valence electrons. The van der Waals surface area contributed by atoms with Crippen LogP contribution in [0.3, 0.4) is 0 Å². The fourth-order valence-electron chi connectivity index (χ4n) is 2.06. The van der Waals surface area contributed by atoms with E-state index in [2.05, 4.69) is 47.0 Å². The van der Waals surface area contributed by atoms with Crippen LogP contribution >= 0.6 is 24.2 Å². The van der Waals surface area contributed by atoms with Gasteiger partial charge in [-0.2, -0.15) is 11.8 Å². The van der Waals surface area contributed by atoms with Crippen molar-refractivity contribution in [3.63, 3.8) is 0 Å². The third kappa shape index (κ3) is 7.55. The average molecular weight is 351 g/mol. The molecular formula is C18H23ClN2OS. The van der Waals surface area contributed by atoms with Crippen molar-refractivity contribution in [2.24, 2.45) is 0 Å². The van der Waals surface area contributed by atoms with Crippen LogP contribution in [-0.2, 0) is 16.3 Å². The van der Waals surface area contributed by atoms with Crippen LogP contribution in [0.2, 0.25) is 0 Å². The molecule has 0 atom stereocenters. The number of amides is 1. The summed E-state index contributed by atoms with van der Waals surface area (Å²) < 4.78 is 0. The molecule has 0 heterocycles. The number of carbonyl (C=O) groups is 1. The molecule has 3 nitrogen and oxygen atoms in total. The molecule has 0 aromatic heterocycles. The number of anilines is 1. The lowest BCUT2D eigenvalue weighted by molar-refractivity contribution is -0.116. The zero-order chi connectivity index (χ0) is 15.6. The van der Waals surface area contributed by atoms with E-state index in [9.17, 15) is 4.79 Å². The molecule has 2 N–H and O–H groups in total. The number of nitrogens with one attached hydrogen (secondary N) is 2. The molecule has 1 amide bonds. The number of carbonyl (C=O) groups excluding carboxylic acids is 1. The van der Waals surface area contributed by atoms with Gasteiger partial charge in [0.25, 0.3) is 0 Å². The summed E-state index contributed by atoms with van der Waals surface area (Å²) in [6.07, 6.45) is 0.490. The first-order valence-corrected chi connectivity index (χ1v) is 8.58. The van der Waals surface area contributed by atoms with Gasteiger partial charge < -0.3 is 10.6 Å². The van der Waals surface area contributed by atoms with E-state index in [1.165, 1.54) is 11.1 Å². The minimum absolute atomic E-state index is 0. The molecule has 0 aliphatic heterocycles. The molecule has 0 bridgehead atoms. The molecule has 0 radical (unpaired) electrons. The van der Waals surface area contributed by atoms with Gasteiger partial charge >= 0.3 is 0 Å². The number of hydrogen-bond acceptors (Lipinski definition) is 3. The number of benzene rings is 2. The highest BCUT2D eigenvalue weighted by molar-refractivity contribution is 7.97. The predicted molar refractivity (Wildman–Crippen MR) is 102 cm³/mol. The van der Waals surface area contributed by atoms with Gasteiger partial charge in [0.15, 0.2) is 0 Å². The van der Waals surface area contributed by atoms with E-state index in [1.54, 1.807) is 0 Å². The zero-order valence-electron chi connectivity index (χ0n) is 13.2. The standard InChI is InChI=1S/C18H22N2OS.ClH/c1-19-11-10-18(21)20-17-9-5-8-16(12-17)14-22-13-15-6-3-2-4-7-15;/h2-9,12,19H,10-11,13-14H2,1H3,(H,20,21);1H. The summed E-state index contributed by atoms with van der Waals surface area (Å²) in [6, 6.07) is 18.5. The first-order chi connectivity index (χ1) is 10.8. The summed E-state index contributed by atoms with van der Waals surface area (Å²) in [7, 11) is 1.85. The highest BCUT2D eigenvalue weighted by Gasteiger charge is 2.02. The summed E-state index contributed by atoms with van der Waals surface area (Å²) in [5.41, 5.74) is 3.44. The number of halogens is 1. The third-order valence-corrected chi connectivity index (χ3v) is 4.27. The van der Waals surface area contributed by atoms with Crippen molar-refractivity contribution in [2.45, 2.75) is 17.9 Å². The monoisotopic (exact) mass is 350 g/mol. The van der Waals surface area contributed by atoms with E-state index in [1.807, 2.05) is 37.0 Å². The van der Waals surface area contributed by atoms with Crippen LogP contribution in [0.5, 0.6) is 0 Å². The van der Waals surface area contributed by atoms with Crippen molar-refractivity contribution in [1.82, 2.24) is 5.32 Å². The maximum absolute atomic E-state index is 11.7. The molecule has 0 saturated carbocycles. The fourth-order valence-corrected chi connectivity index (χ4v) is 3.01. The third-order valence-electron chi connectivity index (χ3n) is 3.19. The number of rotatable bonds is 8. The molecule has 0 aliphatic rings. The summed E-state index contributed by atoms with van der Waals surface area (Å²) >= 11 is 1.88. The molecule has 0 aliphatic carbocycles. The van der Waals surface area contributed by atoms with E-state index in [-0.39, 0.29) is 18.3 Å². The van der Waals surface area contributed by atoms with E-state index in [4.69, 9.17) is 0 Å². The van der Waals surface area contributed by atoms with Crippen LogP contribution in [0.15, 0.2) is 54.6 Å². The summed E-state index contributed by atoms with van der Waals surface area (Å²) in [4.78, 5) is 11.7. The lowest BCUT2D eigenvalue weighted by atomic mass is 10.2. The van der Waals surface area contributed by atoms with Gasteiger partial charge in [-0.1, -0.05) is 42.5 Å². The van der Waals surface area contributed by atoms with Crippen molar-refractivity contribution in [3.8, 4) is 0 Å². The number of thioether (sulfide) groups is 1. The average Bonchev–Trinajstić information content (AvgIpc) is 2.54. The van der Waals surface area contributed by atoms with Crippen molar-refractivity contribution in [2.75, 3.05) is 18.9 Å². The van der Waals surface area contributed by atoms with Gasteiger partial charge in [-0.15, -0.1) is 12.4 Å². The Morgan fingerprint density at radius 3 is 2.43 bits per heavy atom. The molecule has 0 spiro atoms. The second-order valence-corrected chi connectivity index (χ2v) is 6.07. The Balaban J connectivity index is 0.00000264. The van der Waals surface area contributed by atoms with Crippen LogP contribution in [0.25, 0.3) is 0 Å². The second kappa shape index (κ2) is 11.1. The van der Waals surface area contributed by atoms with Gasteiger partial charge in [0.2, 0.25) is 5.91 Å². The minimum atomic E-state index is 0. The molecule has 2 rings (SSSR count).